The number of rotatable bonds is 12. The molecule has 55 heavy (non-hydrogen) atoms. The molecule has 11 nitrogen and oxygen atoms in total. The van der Waals surface area contributed by atoms with Crippen LogP contribution in [0.5, 0.6) is 11.5 Å². The number of nitrogens with zero attached hydrogens (tertiary/aromatic N) is 4. The maximum Gasteiger partial charge on any atom is 0.269 e. The normalized spacial score (nSPS) is 11.2. The Morgan fingerprint density at radius 2 is 1.09 bits per heavy atom. The number of aliphatic hydroxyl groups is 1. The number of hydrogen-bond donors (Lipinski definition) is 3. The lowest BCUT2D eigenvalue weighted by Crippen LogP contribution is -2.46. The Morgan fingerprint density at radius 3 is 1.45 bits per heavy atom. The Morgan fingerprint density at radius 1 is 0.673 bits per heavy atom. The molecule has 0 atom stereocenters. The van der Waals surface area contributed by atoms with E-state index < -0.39 is 5.54 Å². The van der Waals surface area contributed by atoms with E-state index in [0.717, 1.165) is 40.0 Å². The third-order valence-corrected chi connectivity index (χ3v) is 8.70. The number of aryl methyl sites for hydroxylation is 2. The number of carbonyl (C=O) groups excluding carboxylic acids is 2. The number of hydrogen-bond acceptors (Lipinski definition) is 7. The largest absolute Gasteiger partial charge is 0.486 e. The van der Waals surface area contributed by atoms with Gasteiger partial charge in [0.05, 0.1) is 35.9 Å². The highest BCUT2D eigenvalue weighted by atomic mass is 16.5. The van der Waals surface area contributed by atoms with Crippen molar-refractivity contribution in [2.24, 2.45) is 0 Å². The van der Waals surface area contributed by atoms with Crippen LogP contribution in [-0.2, 0) is 13.2 Å². The second kappa shape index (κ2) is 19.1. The van der Waals surface area contributed by atoms with Crippen LogP contribution in [0.1, 0.15) is 105 Å². The number of pyridine rings is 4. The first-order chi connectivity index (χ1) is 26.2. The van der Waals surface area contributed by atoms with Crippen molar-refractivity contribution in [3.63, 3.8) is 0 Å². The summed E-state index contributed by atoms with van der Waals surface area (Å²) >= 11 is 0. The van der Waals surface area contributed by atoms with Gasteiger partial charge in [0.2, 0.25) is 0 Å². The smallest absolute Gasteiger partial charge is 0.269 e. The number of amides is 2. The van der Waals surface area contributed by atoms with Gasteiger partial charge in [0, 0.05) is 29.0 Å². The van der Waals surface area contributed by atoms with Gasteiger partial charge < -0.3 is 34.0 Å². The quantitative estimate of drug-likeness (QED) is 0.115. The Labute approximate surface area is 324 Å². The molecule has 0 radical (unpaired) electrons. The lowest BCUT2D eigenvalue weighted by Gasteiger charge is -2.24. The molecule has 11 heteroatoms. The highest BCUT2D eigenvalue weighted by Crippen LogP contribution is 2.23. The second-order valence-corrected chi connectivity index (χ2v) is 14.8. The average Bonchev–Trinajstić information content (AvgIpc) is 3.68. The first-order valence-electron chi connectivity index (χ1n) is 18.8. The van der Waals surface area contributed by atoms with Crippen LogP contribution in [0.4, 0.5) is 0 Å². The van der Waals surface area contributed by atoms with Gasteiger partial charge in [-0.25, -0.2) is 0 Å². The first kappa shape index (κ1) is 42.1. The molecule has 2 amide bonds. The predicted octanol–water partition coefficient (Wildman–Crippen LogP) is 8.28. The van der Waals surface area contributed by atoms with Crippen LogP contribution in [0.2, 0.25) is 0 Å². The van der Waals surface area contributed by atoms with Gasteiger partial charge in [-0.1, -0.05) is 39.3 Å². The zero-order chi connectivity index (χ0) is 40.2. The van der Waals surface area contributed by atoms with E-state index in [1.807, 2.05) is 115 Å². The molecular formula is C44H56N6O5. The van der Waals surface area contributed by atoms with Crippen LogP contribution in [0.15, 0.2) is 97.6 Å². The summed E-state index contributed by atoms with van der Waals surface area (Å²) in [6.07, 6.45) is 9.24. The second-order valence-electron chi connectivity index (χ2n) is 14.8. The molecule has 0 aliphatic rings. The highest BCUT2D eigenvalue weighted by molar-refractivity contribution is 5.96. The number of carbonyl (C=O) groups is 2. The number of aromatic nitrogens is 4. The van der Waals surface area contributed by atoms with E-state index in [1.165, 1.54) is 6.42 Å². The van der Waals surface area contributed by atoms with Gasteiger partial charge in [0.25, 0.3) is 11.8 Å². The molecular weight excluding hydrogens is 693 g/mol. The van der Waals surface area contributed by atoms with Crippen molar-refractivity contribution in [1.82, 2.24) is 29.4 Å². The van der Waals surface area contributed by atoms with Gasteiger partial charge in [0.1, 0.15) is 36.1 Å². The molecule has 0 saturated heterocycles. The third kappa shape index (κ3) is 11.7. The lowest BCUT2D eigenvalue weighted by atomic mass is 10.0. The van der Waals surface area contributed by atoms with Crippen LogP contribution in [0.3, 0.4) is 0 Å². The fourth-order valence-corrected chi connectivity index (χ4v) is 5.46. The van der Waals surface area contributed by atoms with Crippen molar-refractivity contribution in [3.8, 4) is 11.5 Å². The molecule has 0 aliphatic heterocycles. The molecule has 0 bridgehead atoms. The van der Waals surface area contributed by atoms with Crippen LogP contribution in [0, 0.1) is 13.8 Å². The van der Waals surface area contributed by atoms with E-state index in [9.17, 15) is 14.7 Å². The summed E-state index contributed by atoms with van der Waals surface area (Å²) in [6.45, 7) is 18.4. The topological polar surface area (TPSA) is 131 Å². The van der Waals surface area contributed by atoms with E-state index in [-0.39, 0.29) is 24.0 Å². The summed E-state index contributed by atoms with van der Waals surface area (Å²) in [6, 6.07) is 23.0. The molecule has 0 saturated carbocycles. The van der Waals surface area contributed by atoms with E-state index in [1.54, 1.807) is 32.4 Å². The lowest BCUT2D eigenvalue weighted by molar-refractivity contribution is 0.0861. The minimum atomic E-state index is -0.694. The van der Waals surface area contributed by atoms with Crippen molar-refractivity contribution >= 4 is 22.8 Å². The summed E-state index contributed by atoms with van der Waals surface area (Å²) in [7, 11) is 0. The Bertz CT molecular complexity index is 2000. The van der Waals surface area contributed by atoms with Crippen molar-refractivity contribution in [2.45, 2.75) is 99.4 Å². The van der Waals surface area contributed by atoms with Crippen molar-refractivity contribution in [2.75, 3.05) is 6.61 Å². The van der Waals surface area contributed by atoms with Crippen molar-refractivity contribution < 1.29 is 24.2 Å². The van der Waals surface area contributed by atoms with Crippen molar-refractivity contribution in [1.29, 1.82) is 0 Å². The molecule has 292 valence electrons. The molecule has 6 heterocycles. The number of ether oxygens (including phenoxy) is 2. The van der Waals surface area contributed by atoms with E-state index in [2.05, 4.69) is 41.4 Å². The number of fused-ring (bicyclic) bond motifs is 2. The standard InChI is InChI=1S/C21H25N3O2.C20H23N3O3.C3H8/c1-5-21(3,4)23-20(25)19-15(2)12-17-9-10-18(13-24(17)19)26-14-16-8-6-7-11-22-16;1-14-10-16-7-8-17(26-12-15-6-4-5-9-21-15)11-23(16)18(14)19(25)22-20(2,3)13-24;1-3-2/h6-13H,5,14H2,1-4H3,(H,23,25);4-11,24H,12-13H2,1-3H3,(H,22,25);3H2,1-2H3. The molecule has 0 unspecified atom stereocenters. The van der Waals surface area contributed by atoms with Gasteiger partial charge >= 0.3 is 0 Å². The van der Waals surface area contributed by atoms with Crippen LogP contribution in [0.25, 0.3) is 11.0 Å². The van der Waals surface area contributed by atoms with Gasteiger partial charge in [-0.3, -0.25) is 19.6 Å². The van der Waals surface area contributed by atoms with Gasteiger partial charge in [0.15, 0.2) is 0 Å². The zero-order valence-corrected chi connectivity index (χ0v) is 33.6. The van der Waals surface area contributed by atoms with Gasteiger partial charge in [-0.05, 0) is 120 Å². The van der Waals surface area contributed by atoms with Gasteiger partial charge in [-0.2, -0.15) is 0 Å². The Balaban J connectivity index is 0.000000228. The Kier molecular flexibility index (Phi) is 14.6. The van der Waals surface area contributed by atoms with Gasteiger partial charge in [-0.15, -0.1) is 0 Å². The minimum absolute atomic E-state index is 0.0729. The van der Waals surface area contributed by atoms with E-state index in [0.29, 0.717) is 36.1 Å². The Hall–Kier alpha value is -5.68. The molecule has 0 spiro atoms. The number of nitrogens with one attached hydrogen (secondary N) is 2. The molecule has 3 N–H and O–H groups in total. The minimum Gasteiger partial charge on any atom is -0.486 e. The fraction of sp³-hybridized carbons (Fsp3) is 0.364. The summed E-state index contributed by atoms with van der Waals surface area (Å²) in [4.78, 5) is 34.0. The van der Waals surface area contributed by atoms with E-state index in [4.69, 9.17) is 9.47 Å². The maximum atomic E-state index is 12.8. The molecule has 0 aliphatic carbocycles. The summed E-state index contributed by atoms with van der Waals surface area (Å²) in [5.74, 6) is 1.04. The SMILES string of the molecule is CCC.CCC(C)(C)NC(=O)c1c(C)cc2ccc(OCc3ccccn3)cn12.Cc1cc2ccc(OCc3ccccn3)cn2c1C(=O)NC(C)(C)CO. The fourth-order valence-electron chi connectivity index (χ4n) is 5.46. The summed E-state index contributed by atoms with van der Waals surface area (Å²) in [5, 5.41) is 15.4. The number of aliphatic hydroxyl groups excluding tert-OH is 1. The summed E-state index contributed by atoms with van der Waals surface area (Å²) in [5.41, 5.74) is 5.59. The summed E-state index contributed by atoms with van der Waals surface area (Å²) < 4.78 is 15.4. The van der Waals surface area contributed by atoms with Crippen LogP contribution < -0.4 is 20.1 Å². The first-order valence-corrected chi connectivity index (χ1v) is 18.8. The molecule has 6 aromatic heterocycles. The zero-order valence-electron chi connectivity index (χ0n) is 33.6. The average molecular weight is 749 g/mol. The third-order valence-electron chi connectivity index (χ3n) is 8.70. The van der Waals surface area contributed by atoms with Crippen LogP contribution >= 0.6 is 0 Å². The predicted molar refractivity (Wildman–Crippen MR) is 218 cm³/mol. The van der Waals surface area contributed by atoms with Crippen molar-refractivity contribution in [3.05, 3.63) is 131 Å². The molecule has 6 aromatic rings. The molecule has 0 fully saturated rings. The highest BCUT2D eigenvalue weighted by Gasteiger charge is 2.24. The van der Waals surface area contributed by atoms with E-state index >= 15 is 0 Å². The maximum absolute atomic E-state index is 12.8. The molecule has 6 rings (SSSR count). The van der Waals surface area contributed by atoms with Crippen LogP contribution in [-0.4, -0.2) is 53.4 Å². The monoisotopic (exact) mass is 748 g/mol. The molecule has 0 aromatic carbocycles.